The van der Waals surface area contributed by atoms with Crippen molar-refractivity contribution in [1.82, 2.24) is 0 Å². The standard InChI is InChI=1S/C77H60N2/c1-53-21-19-24-58-41-40-57-23-16-18-35-72(57)79(74(53)58)64-46-47-75(2)67-45-39-55(50-70(67)77(73(75)52-64,61-30-11-5-12-31-61)62-32-13-6-14-33-62)37-36-54-38-43-65-66-44-42-63(78-48-20-25-56-22-15-17-34-71(56)78)51-69(66)76(68(65)49-54,59-26-7-3-8-27-59)60-28-9-4-10-29-60/h3-19,21-24,26-47,49-52,73H,20,25,48H2,1-2H3. The van der Waals surface area contributed by atoms with Crippen molar-refractivity contribution in [1.29, 1.82) is 0 Å². The van der Waals surface area contributed by atoms with E-state index in [0.29, 0.717) is 0 Å². The van der Waals surface area contributed by atoms with Gasteiger partial charge < -0.3 is 9.80 Å². The maximum absolute atomic E-state index is 2.62. The third-order valence-corrected chi connectivity index (χ3v) is 18.4. The van der Waals surface area contributed by atoms with Gasteiger partial charge in [-0.3, -0.25) is 0 Å². The average molecular weight is 1010 g/mol. The Bertz CT molecular complexity index is 4070. The predicted molar refractivity (Wildman–Crippen MR) is 330 cm³/mol. The summed E-state index contributed by atoms with van der Waals surface area (Å²) in [5.74, 6) is 0.0301. The van der Waals surface area contributed by atoms with E-state index in [-0.39, 0.29) is 11.3 Å². The molecule has 378 valence electrons. The highest BCUT2D eigenvalue weighted by Crippen LogP contribution is 2.64. The van der Waals surface area contributed by atoms with Crippen LogP contribution in [0.1, 0.15) is 91.2 Å². The average Bonchev–Trinajstić information content (AvgIpc) is 3.14. The van der Waals surface area contributed by atoms with Gasteiger partial charge in [-0.05, 0) is 145 Å². The van der Waals surface area contributed by atoms with E-state index in [1.807, 2.05) is 0 Å². The van der Waals surface area contributed by atoms with Crippen LogP contribution in [0.25, 0.3) is 35.4 Å². The summed E-state index contributed by atoms with van der Waals surface area (Å²) in [6, 6.07) is 91.4. The van der Waals surface area contributed by atoms with Crippen molar-refractivity contribution in [2.24, 2.45) is 5.92 Å². The van der Waals surface area contributed by atoms with Crippen molar-refractivity contribution in [3.8, 4) is 11.1 Å². The Labute approximate surface area is 465 Å². The lowest BCUT2D eigenvalue weighted by molar-refractivity contribution is 0.364. The first kappa shape index (κ1) is 47.0. The van der Waals surface area contributed by atoms with Gasteiger partial charge in [-0.1, -0.05) is 256 Å². The Balaban J connectivity index is 0.884. The van der Waals surface area contributed by atoms with E-state index >= 15 is 0 Å². The van der Waals surface area contributed by atoms with Gasteiger partial charge in [-0.2, -0.15) is 0 Å². The topological polar surface area (TPSA) is 6.48 Å². The van der Waals surface area contributed by atoms with Crippen LogP contribution in [0.15, 0.2) is 267 Å². The van der Waals surface area contributed by atoms with E-state index in [2.05, 4.69) is 309 Å². The number of aryl methyl sites for hydroxylation is 2. The van der Waals surface area contributed by atoms with Crippen molar-refractivity contribution in [2.45, 2.75) is 42.9 Å². The van der Waals surface area contributed by atoms with Gasteiger partial charge in [-0.25, -0.2) is 0 Å². The van der Waals surface area contributed by atoms with Crippen LogP contribution < -0.4 is 9.80 Å². The van der Waals surface area contributed by atoms with E-state index in [4.69, 9.17) is 0 Å². The molecule has 2 nitrogen and oxygen atoms in total. The van der Waals surface area contributed by atoms with Crippen LogP contribution in [0.4, 0.5) is 22.7 Å². The van der Waals surface area contributed by atoms with Crippen LogP contribution in [-0.2, 0) is 22.7 Å². The molecule has 3 aliphatic carbocycles. The zero-order valence-corrected chi connectivity index (χ0v) is 44.7. The van der Waals surface area contributed by atoms with Gasteiger partial charge in [0.1, 0.15) is 0 Å². The number of rotatable bonds is 8. The summed E-state index contributed by atoms with van der Waals surface area (Å²) in [5.41, 5.74) is 25.3. The number of benzene rings is 10. The highest BCUT2D eigenvalue weighted by Gasteiger charge is 2.59. The molecule has 2 heterocycles. The minimum absolute atomic E-state index is 0.0301. The number of hydrogen-bond acceptors (Lipinski definition) is 2. The third-order valence-electron chi connectivity index (χ3n) is 18.4. The molecular formula is C77H60N2. The number of nitrogens with zero attached hydrogens (tertiary/aromatic N) is 2. The first-order valence-corrected chi connectivity index (χ1v) is 28.2. The van der Waals surface area contributed by atoms with E-state index in [1.165, 1.54) is 117 Å². The number of anilines is 4. The maximum atomic E-state index is 2.62. The Morgan fingerprint density at radius 3 is 1.72 bits per heavy atom. The highest BCUT2D eigenvalue weighted by atomic mass is 15.2. The largest absolute Gasteiger partial charge is 0.341 e. The number of para-hydroxylation sites is 3. The van der Waals surface area contributed by atoms with Crippen LogP contribution >= 0.6 is 0 Å². The van der Waals surface area contributed by atoms with Crippen LogP contribution in [0.3, 0.4) is 0 Å². The molecule has 2 unspecified atom stereocenters. The van der Waals surface area contributed by atoms with Crippen LogP contribution in [-0.4, -0.2) is 6.54 Å². The van der Waals surface area contributed by atoms with Gasteiger partial charge in [0.2, 0.25) is 0 Å². The molecule has 0 aromatic heterocycles. The summed E-state index contributed by atoms with van der Waals surface area (Å²) in [6.45, 7) is 5.72. The summed E-state index contributed by atoms with van der Waals surface area (Å²) < 4.78 is 0. The second-order valence-corrected chi connectivity index (χ2v) is 22.5. The summed E-state index contributed by atoms with van der Waals surface area (Å²) in [7, 11) is 0. The smallest absolute Gasteiger partial charge is 0.0714 e. The van der Waals surface area contributed by atoms with Gasteiger partial charge in [-0.15, -0.1) is 0 Å². The fraction of sp³-hybridized carbons (Fsp3) is 0.117. The molecule has 2 atom stereocenters. The zero-order chi connectivity index (χ0) is 52.7. The molecule has 10 aromatic carbocycles. The lowest BCUT2D eigenvalue weighted by Gasteiger charge is -2.44. The Morgan fingerprint density at radius 1 is 0.468 bits per heavy atom. The lowest BCUT2D eigenvalue weighted by atomic mass is 9.59. The Kier molecular flexibility index (Phi) is 11.0. The summed E-state index contributed by atoms with van der Waals surface area (Å²) >= 11 is 0. The highest BCUT2D eigenvalue weighted by molar-refractivity contribution is 5.93. The SMILES string of the molecule is Cc1cccc2c1N(C1=CC3C(C)(C=C1)c1ccc(C=Cc4ccc5c(c4)C(c4ccccc4)(c4ccccc4)c4cc(N6CCCc7ccccc76)ccc4-5)cc1C3(c1ccccc1)c1ccccc1)c1ccccc1C=C2. The molecule has 0 saturated carbocycles. The Morgan fingerprint density at radius 2 is 1.03 bits per heavy atom. The van der Waals surface area contributed by atoms with Gasteiger partial charge in [0.15, 0.2) is 0 Å². The van der Waals surface area contributed by atoms with Crippen LogP contribution in [0, 0.1) is 12.8 Å². The van der Waals surface area contributed by atoms with Gasteiger partial charge in [0, 0.05) is 34.9 Å². The van der Waals surface area contributed by atoms with Crippen molar-refractivity contribution < 1.29 is 0 Å². The molecule has 0 radical (unpaired) electrons. The van der Waals surface area contributed by atoms with Gasteiger partial charge in [0.25, 0.3) is 0 Å². The molecule has 0 spiro atoms. The summed E-state index contributed by atoms with van der Waals surface area (Å²) in [6.07, 6.45) is 19.1. The first-order chi connectivity index (χ1) is 38.9. The predicted octanol–water partition coefficient (Wildman–Crippen LogP) is 18.6. The van der Waals surface area contributed by atoms with E-state index in [0.717, 1.165) is 19.4 Å². The molecule has 0 amide bonds. The zero-order valence-electron chi connectivity index (χ0n) is 44.7. The van der Waals surface area contributed by atoms with E-state index in [9.17, 15) is 0 Å². The normalized spacial score (nSPS) is 18.6. The fourth-order valence-corrected chi connectivity index (χ4v) is 14.9. The van der Waals surface area contributed by atoms with Crippen molar-refractivity contribution in [3.05, 3.63) is 344 Å². The molecule has 0 fully saturated rings. The molecule has 5 aliphatic rings. The van der Waals surface area contributed by atoms with E-state index < -0.39 is 10.8 Å². The van der Waals surface area contributed by atoms with Gasteiger partial charge >= 0.3 is 0 Å². The van der Waals surface area contributed by atoms with Crippen molar-refractivity contribution in [2.75, 3.05) is 16.3 Å². The molecule has 2 aliphatic heterocycles. The van der Waals surface area contributed by atoms with Crippen LogP contribution in [0.2, 0.25) is 0 Å². The minimum atomic E-state index is -0.542. The minimum Gasteiger partial charge on any atom is -0.341 e. The quantitative estimate of drug-likeness (QED) is 0.140. The Hall–Kier alpha value is -9.24. The molecule has 0 bridgehead atoms. The number of allylic oxidation sites excluding steroid dienone is 3. The van der Waals surface area contributed by atoms with Gasteiger partial charge in [0.05, 0.1) is 22.2 Å². The lowest BCUT2D eigenvalue weighted by Crippen LogP contribution is -2.41. The van der Waals surface area contributed by atoms with Crippen molar-refractivity contribution >= 4 is 47.1 Å². The second kappa shape index (κ2) is 18.5. The summed E-state index contributed by atoms with van der Waals surface area (Å²) in [4.78, 5) is 5.07. The monoisotopic (exact) mass is 1010 g/mol. The molecule has 15 rings (SSSR count). The number of fused-ring (bicyclic) bond motifs is 9. The second-order valence-electron chi connectivity index (χ2n) is 22.5. The molecular weight excluding hydrogens is 953 g/mol. The fourth-order valence-electron chi connectivity index (χ4n) is 14.9. The third kappa shape index (κ3) is 7.10. The summed E-state index contributed by atoms with van der Waals surface area (Å²) in [5, 5.41) is 0. The van der Waals surface area contributed by atoms with Crippen molar-refractivity contribution in [3.63, 3.8) is 0 Å². The molecule has 79 heavy (non-hydrogen) atoms. The van der Waals surface area contributed by atoms with E-state index in [1.54, 1.807) is 0 Å². The molecule has 2 heteroatoms. The maximum Gasteiger partial charge on any atom is 0.0714 e. The molecule has 0 N–H and O–H groups in total. The molecule has 0 saturated heterocycles. The van der Waals surface area contributed by atoms with Crippen LogP contribution in [0.5, 0.6) is 0 Å². The first-order valence-electron chi connectivity index (χ1n) is 28.2. The molecule has 10 aromatic rings. The number of hydrogen-bond donors (Lipinski definition) is 0.